The number of fused-ring (bicyclic) bond motifs is 1. The van der Waals surface area contributed by atoms with Gasteiger partial charge in [-0.1, -0.05) is 12.1 Å². The third-order valence-electron chi connectivity index (χ3n) is 4.40. The Morgan fingerprint density at radius 3 is 2.86 bits per heavy atom. The van der Waals surface area contributed by atoms with Crippen LogP contribution in [0.1, 0.15) is 24.8 Å². The van der Waals surface area contributed by atoms with Crippen molar-refractivity contribution in [3.63, 3.8) is 0 Å². The van der Waals surface area contributed by atoms with E-state index < -0.39 is 0 Å². The predicted molar refractivity (Wildman–Crippen MR) is 88.3 cm³/mol. The first-order valence-electron chi connectivity index (χ1n) is 8.11. The number of rotatable bonds is 5. The van der Waals surface area contributed by atoms with E-state index in [2.05, 4.69) is 28.9 Å². The number of benzene rings is 1. The molecule has 0 radical (unpaired) electrons. The quantitative estimate of drug-likeness (QED) is 0.922. The second kappa shape index (κ2) is 7.07. The Labute approximate surface area is 131 Å². The van der Waals surface area contributed by atoms with Gasteiger partial charge in [0.1, 0.15) is 11.9 Å². The Hall–Kier alpha value is -1.65. The first-order chi connectivity index (χ1) is 10.8. The third-order valence-corrected chi connectivity index (χ3v) is 4.40. The minimum absolute atomic E-state index is 0.278. The third kappa shape index (κ3) is 3.39. The van der Waals surface area contributed by atoms with Crippen LogP contribution in [0.5, 0.6) is 5.75 Å². The topological polar surface area (TPSA) is 45.6 Å². The van der Waals surface area contributed by atoms with Crippen molar-refractivity contribution in [1.29, 1.82) is 0 Å². The molecule has 1 saturated heterocycles. The fourth-order valence-corrected chi connectivity index (χ4v) is 3.19. The summed E-state index contributed by atoms with van der Waals surface area (Å²) >= 11 is 0. The largest absolute Gasteiger partial charge is 0.490 e. The van der Waals surface area contributed by atoms with Crippen molar-refractivity contribution in [1.82, 2.24) is 9.88 Å². The van der Waals surface area contributed by atoms with Gasteiger partial charge >= 0.3 is 0 Å². The lowest BCUT2D eigenvalue weighted by Crippen LogP contribution is -2.38. The zero-order chi connectivity index (χ0) is 15.4. The van der Waals surface area contributed by atoms with E-state index in [1.54, 1.807) is 0 Å². The number of aliphatic hydroxyl groups is 1. The Morgan fingerprint density at radius 1 is 1.27 bits per heavy atom. The summed E-state index contributed by atoms with van der Waals surface area (Å²) in [5.41, 5.74) is 1.16. The molecule has 3 rings (SSSR count). The van der Waals surface area contributed by atoms with Gasteiger partial charge in [-0.25, -0.2) is 0 Å². The van der Waals surface area contributed by atoms with Gasteiger partial charge in [-0.3, -0.25) is 4.98 Å². The van der Waals surface area contributed by atoms with Crippen LogP contribution in [0.25, 0.3) is 10.8 Å². The van der Waals surface area contributed by atoms with E-state index in [4.69, 9.17) is 9.84 Å². The zero-order valence-corrected chi connectivity index (χ0v) is 13.2. The van der Waals surface area contributed by atoms with Gasteiger partial charge in [0.25, 0.3) is 0 Å². The summed E-state index contributed by atoms with van der Waals surface area (Å²) in [5, 5.41) is 11.2. The molecule has 2 heterocycles. The second-order valence-corrected chi connectivity index (χ2v) is 6.05. The van der Waals surface area contributed by atoms with Gasteiger partial charge in [0.15, 0.2) is 0 Å². The minimum Gasteiger partial charge on any atom is -0.490 e. The second-order valence-electron chi connectivity index (χ2n) is 6.05. The first kappa shape index (κ1) is 15.3. The number of pyridine rings is 1. The average Bonchev–Trinajstić information content (AvgIpc) is 2.54. The zero-order valence-electron chi connectivity index (χ0n) is 13.2. The van der Waals surface area contributed by atoms with Gasteiger partial charge < -0.3 is 14.7 Å². The summed E-state index contributed by atoms with van der Waals surface area (Å²) in [7, 11) is 0. The number of likely N-dealkylation sites (tertiary alicyclic amines) is 1. The molecule has 1 N–H and O–H groups in total. The van der Waals surface area contributed by atoms with Gasteiger partial charge in [0.2, 0.25) is 0 Å². The molecule has 4 heteroatoms. The molecule has 1 aromatic heterocycles. The van der Waals surface area contributed by atoms with Crippen LogP contribution in [-0.2, 0) is 0 Å². The molecule has 0 atom stereocenters. The van der Waals surface area contributed by atoms with Crippen LogP contribution in [-0.4, -0.2) is 47.3 Å². The predicted octanol–water partition coefficient (Wildman–Crippen LogP) is 2.77. The van der Waals surface area contributed by atoms with Crippen LogP contribution in [0.3, 0.4) is 0 Å². The van der Waals surface area contributed by atoms with Gasteiger partial charge in [-0.05, 0) is 37.8 Å². The lowest BCUT2D eigenvalue weighted by atomic mass is 10.1. The van der Waals surface area contributed by atoms with Crippen LogP contribution < -0.4 is 4.74 Å². The van der Waals surface area contributed by atoms with Crippen molar-refractivity contribution >= 4 is 10.8 Å². The number of hydrogen-bond donors (Lipinski definition) is 1. The Balaban J connectivity index is 1.67. The van der Waals surface area contributed by atoms with Crippen LogP contribution in [0.15, 0.2) is 30.6 Å². The SMILES string of the molecule is Cc1cncc2cccc(OC3CCN(CCCO)CC3)c12. The number of aliphatic hydroxyl groups excluding tert-OH is 1. The minimum atomic E-state index is 0.278. The van der Waals surface area contributed by atoms with E-state index in [-0.39, 0.29) is 12.7 Å². The van der Waals surface area contributed by atoms with Crippen LogP contribution in [0, 0.1) is 6.92 Å². The average molecular weight is 300 g/mol. The van der Waals surface area contributed by atoms with Gasteiger partial charge in [0, 0.05) is 49.4 Å². The fraction of sp³-hybridized carbons (Fsp3) is 0.500. The van der Waals surface area contributed by atoms with E-state index in [0.717, 1.165) is 55.6 Å². The highest BCUT2D eigenvalue weighted by molar-refractivity contribution is 5.90. The highest BCUT2D eigenvalue weighted by atomic mass is 16.5. The van der Waals surface area contributed by atoms with E-state index in [1.807, 2.05) is 18.5 Å². The van der Waals surface area contributed by atoms with Crippen LogP contribution in [0.4, 0.5) is 0 Å². The van der Waals surface area contributed by atoms with E-state index in [0.29, 0.717) is 0 Å². The summed E-state index contributed by atoms with van der Waals surface area (Å²) in [6.45, 7) is 5.45. The van der Waals surface area contributed by atoms with E-state index in [9.17, 15) is 0 Å². The monoisotopic (exact) mass is 300 g/mol. The lowest BCUT2D eigenvalue weighted by Gasteiger charge is -2.32. The molecule has 0 unspecified atom stereocenters. The molecule has 1 aliphatic heterocycles. The molecular weight excluding hydrogens is 276 g/mol. The first-order valence-corrected chi connectivity index (χ1v) is 8.11. The van der Waals surface area contributed by atoms with Gasteiger partial charge in [-0.15, -0.1) is 0 Å². The molecule has 1 fully saturated rings. The van der Waals surface area contributed by atoms with Gasteiger partial charge in [-0.2, -0.15) is 0 Å². The standard InChI is InChI=1S/C18H24N2O2/c1-14-12-19-13-15-4-2-5-17(18(14)15)22-16-6-9-20(10-7-16)8-3-11-21/h2,4-5,12-13,16,21H,3,6-11H2,1H3. The molecule has 0 amide bonds. The molecule has 1 aliphatic rings. The number of piperidine rings is 1. The Bertz CT molecular complexity index is 616. The molecule has 1 aromatic carbocycles. The Morgan fingerprint density at radius 2 is 2.09 bits per heavy atom. The van der Waals surface area contributed by atoms with Crippen LogP contribution in [0.2, 0.25) is 0 Å². The lowest BCUT2D eigenvalue weighted by molar-refractivity contribution is 0.0975. The molecule has 0 saturated carbocycles. The van der Waals surface area contributed by atoms with Crippen molar-refractivity contribution in [3.05, 3.63) is 36.2 Å². The molecule has 22 heavy (non-hydrogen) atoms. The summed E-state index contributed by atoms with van der Waals surface area (Å²) in [5.74, 6) is 0.978. The number of hydrogen-bond acceptors (Lipinski definition) is 4. The Kier molecular flexibility index (Phi) is 4.90. The summed E-state index contributed by atoms with van der Waals surface area (Å²) < 4.78 is 6.30. The van der Waals surface area contributed by atoms with Crippen molar-refractivity contribution < 1.29 is 9.84 Å². The summed E-state index contributed by atoms with van der Waals surface area (Å²) in [4.78, 5) is 6.67. The molecule has 2 aromatic rings. The molecule has 0 spiro atoms. The number of aryl methyl sites for hydroxylation is 1. The van der Waals surface area contributed by atoms with E-state index in [1.165, 1.54) is 5.39 Å². The summed E-state index contributed by atoms with van der Waals surface area (Å²) in [6, 6.07) is 6.18. The molecule has 118 valence electrons. The number of ether oxygens (including phenoxy) is 1. The van der Waals surface area contributed by atoms with Gasteiger partial charge in [0.05, 0.1) is 0 Å². The fourth-order valence-electron chi connectivity index (χ4n) is 3.19. The molecule has 4 nitrogen and oxygen atoms in total. The van der Waals surface area contributed by atoms with Crippen molar-refractivity contribution in [2.45, 2.75) is 32.3 Å². The number of aromatic nitrogens is 1. The molecular formula is C18H24N2O2. The normalized spacial score (nSPS) is 17.0. The highest BCUT2D eigenvalue weighted by Crippen LogP contribution is 2.30. The van der Waals surface area contributed by atoms with Crippen molar-refractivity contribution in [2.24, 2.45) is 0 Å². The molecule has 0 bridgehead atoms. The number of nitrogens with zero attached hydrogens (tertiary/aromatic N) is 2. The molecule has 0 aliphatic carbocycles. The maximum absolute atomic E-state index is 8.91. The van der Waals surface area contributed by atoms with E-state index >= 15 is 0 Å². The maximum Gasteiger partial charge on any atom is 0.127 e. The van der Waals surface area contributed by atoms with Crippen molar-refractivity contribution in [2.75, 3.05) is 26.2 Å². The summed E-state index contributed by atoms with van der Waals surface area (Å²) in [6.07, 6.45) is 7.03. The maximum atomic E-state index is 8.91. The van der Waals surface area contributed by atoms with Crippen LogP contribution >= 0.6 is 0 Å². The highest BCUT2D eigenvalue weighted by Gasteiger charge is 2.21. The van der Waals surface area contributed by atoms with Crippen molar-refractivity contribution in [3.8, 4) is 5.75 Å². The smallest absolute Gasteiger partial charge is 0.127 e.